The van der Waals surface area contributed by atoms with E-state index in [1.165, 1.54) is 4.31 Å². The summed E-state index contributed by atoms with van der Waals surface area (Å²) >= 11 is 6.18. The van der Waals surface area contributed by atoms with Gasteiger partial charge in [-0.2, -0.15) is 0 Å². The molecule has 0 unspecified atom stereocenters. The van der Waals surface area contributed by atoms with Gasteiger partial charge in [0.15, 0.2) is 6.61 Å². The van der Waals surface area contributed by atoms with Crippen LogP contribution in [0.5, 0.6) is 5.75 Å². The second kappa shape index (κ2) is 9.47. The lowest BCUT2D eigenvalue weighted by Gasteiger charge is -2.26. The molecule has 0 radical (unpaired) electrons. The summed E-state index contributed by atoms with van der Waals surface area (Å²) in [6, 6.07) is 13.7. The number of amides is 1. The highest BCUT2D eigenvalue weighted by Crippen LogP contribution is 2.26. The van der Waals surface area contributed by atoms with Crippen molar-refractivity contribution in [2.24, 2.45) is 0 Å². The number of anilines is 1. The third kappa shape index (κ3) is 5.85. The number of sulfonamides is 1. The molecule has 1 aliphatic heterocycles. The van der Waals surface area contributed by atoms with Crippen molar-refractivity contribution in [2.45, 2.75) is 6.54 Å². The second-order valence-electron chi connectivity index (χ2n) is 6.64. The Bertz CT molecular complexity index is 944. The lowest BCUT2D eigenvalue weighted by molar-refractivity contribution is -0.137. The first-order chi connectivity index (χ1) is 13.8. The molecule has 0 aromatic heterocycles. The van der Waals surface area contributed by atoms with Gasteiger partial charge in [0.25, 0.3) is 5.91 Å². The van der Waals surface area contributed by atoms with Crippen LogP contribution in [0.15, 0.2) is 48.5 Å². The van der Waals surface area contributed by atoms with E-state index in [9.17, 15) is 13.2 Å². The fourth-order valence-corrected chi connectivity index (χ4v) is 4.01. The van der Waals surface area contributed by atoms with Crippen molar-refractivity contribution in [3.8, 4) is 5.75 Å². The topological polar surface area (TPSA) is 76.2 Å². The van der Waals surface area contributed by atoms with Crippen LogP contribution in [0.2, 0.25) is 5.02 Å². The van der Waals surface area contributed by atoms with E-state index in [-0.39, 0.29) is 19.1 Å². The molecule has 0 atom stereocenters. The zero-order valence-corrected chi connectivity index (χ0v) is 17.7. The van der Waals surface area contributed by atoms with Gasteiger partial charge < -0.3 is 14.4 Å². The van der Waals surface area contributed by atoms with Gasteiger partial charge in [0.1, 0.15) is 5.75 Å². The zero-order valence-electron chi connectivity index (χ0n) is 16.1. The van der Waals surface area contributed by atoms with Crippen molar-refractivity contribution >= 4 is 33.2 Å². The molecule has 0 aliphatic carbocycles. The van der Waals surface area contributed by atoms with E-state index >= 15 is 0 Å². The molecule has 2 aromatic carbocycles. The number of nitrogens with zero attached hydrogens (tertiary/aromatic N) is 2. The minimum atomic E-state index is -3.52. The Morgan fingerprint density at radius 3 is 2.41 bits per heavy atom. The van der Waals surface area contributed by atoms with E-state index in [0.717, 1.165) is 6.26 Å². The van der Waals surface area contributed by atoms with Gasteiger partial charge in [0.2, 0.25) is 10.0 Å². The molecule has 9 heteroatoms. The molecule has 0 spiro atoms. The van der Waals surface area contributed by atoms with Crippen LogP contribution in [-0.2, 0) is 26.1 Å². The van der Waals surface area contributed by atoms with E-state index < -0.39 is 10.0 Å². The molecule has 156 valence electrons. The van der Waals surface area contributed by atoms with Crippen molar-refractivity contribution in [2.75, 3.05) is 43.5 Å². The molecule has 0 N–H and O–H groups in total. The molecule has 29 heavy (non-hydrogen) atoms. The first-order valence-corrected chi connectivity index (χ1v) is 11.4. The summed E-state index contributed by atoms with van der Waals surface area (Å²) in [7, 11) is -3.52. The van der Waals surface area contributed by atoms with Gasteiger partial charge in [0, 0.05) is 18.1 Å². The first-order valence-electron chi connectivity index (χ1n) is 9.14. The van der Waals surface area contributed by atoms with E-state index in [0.29, 0.717) is 48.3 Å². The number of carbonyl (C=O) groups excluding carboxylic acids is 1. The van der Waals surface area contributed by atoms with Crippen LogP contribution in [0, 0.1) is 0 Å². The third-order valence-corrected chi connectivity index (χ3v) is 6.03. The Morgan fingerprint density at radius 2 is 1.79 bits per heavy atom. The highest BCUT2D eigenvalue weighted by Gasteiger charge is 2.20. The number of ether oxygens (including phenoxy) is 2. The lowest BCUT2D eigenvalue weighted by Crippen LogP contribution is -2.42. The van der Waals surface area contributed by atoms with Crippen LogP contribution in [-0.4, -0.2) is 58.4 Å². The molecule has 1 heterocycles. The third-order valence-electron chi connectivity index (χ3n) is 4.52. The fourth-order valence-electron chi connectivity index (χ4n) is 2.94. The summed E-state index contributed by atoms with van der Waals surface area (Å²) < 4.78 is 36.7. The predicted octanol–water partition coefficient (Wildman–Crippen LogP) is 2.54. The average Bonchev–Trinajstić information content (AvgIpc) is 2.72. The van der Waals surface area contributed by atoms with Crippen molar-refractivity contribution in [3.63, 3.8) is 0 Å². The van der Waals surface area contributed by atoms with Crippen molar-refractivity contribution in [1.29, 1.82) is 0 Å². The highest BCUT2D eigenvalue weighted by atomic mass is 35.5. The Morgan fingerprint density at radius 1 is 1.14 bits per heavy atom. The van der Waals surface area contributed by atoms with E-state index in [2.05, 4.69) is 0 Å². The number of hydrogen-bond donors (Lipinski definition) is 0. The maximum atomic E-state index is 12.3. The molecule has 0 saturated carbocycles. The molecule has 2 aromatic rings. The Hall–Kier alpha value is -2.29. The maximum Gasteiger partial charge on any atom is 0.260 e. The monoisotopic (exact) mass is 438 g/mol. The highest BCUT2D eigenvalue weighted by molar-refractivity contribution is 7.92. The summed E-state index contributed by atoms with van der Waals surface area (Å²) in [5.41, 5.74) is 1.19. The molecule has 7 nitrogen and oxygen atoms in total. The maximum absolute atomic E-state index is 12.3. The standard InChI is InChI=1S/C20H23ClN2O5S/c1-29(25,26)23(14-16-4-2-3-5-19(16)21)17-6-8-18(9-7-17)28-15-20(24)22-10-12-27-13-11-22/h2-9H,10-15H2,1H3. The van der Waals surface area contributed by atoms with Crippen molar-refractivity contribution in [3.05, 3.63) is 59.1 Å². The van der Waals surface area contributed by atoms with Crippen LogP contribution >= 0.6 is 11.6 Å². The number of morpholine rings is 1. The van der Waals surface area contributed by atoms with Crippen LogP contribution in [0.3, 0.4) is 0 Å². The van der Waals surface area contributed by atoms with Crippen LogP contribution < -0.4 is 9.04 Å². The Labute approximate surface area is 175 Å². The SMILES string of the molecule is CS(=O)(=O)N(Cc1ccccc1Cl)c1ccc(OCC(=O)N2CCOCC2)cc1. The first kappa shape index (κ1) is 21.4. The fraction of sp³-hybridized carbons (Fsp3) is 0.350. The summed E-state index contributed by atoms with van der Waals surface area (Å²) in [5.74, 6) is 0.385. The van der Waals surface area contributed by atoms with Gasteiger partial charge in [-0.3, -0.25) is 9.10 Å². The number of hydrogen-bond acceptors (Lipinski definition) is 5. The van der Waals surface area contributed by atoms with E-state index in [1.807, 2.05) is 6.07 Å². The van der Waals surface area contributed by atoms with E-state index in [4.69, 9.17) is 21.1 Å². The normalized spacial score (nSPS) is 14.5. The summed E-state index contributed by atoms with van der Waals surface area (Å²) in [4.78, 5) is 13.9. The van der Waals surface area contributed by atoms with Gasteiger partial charge in [-0.25, -0.2) is 8.42 Å². The molecular formula is C20H23ClN2O5S. The smallest absolute Gasteiger partial charge is 0.260 e. The molecule has 1 saturated heterocycles. The summed E-state index contributed by atoms with van der Waals surface area (Å²) in [5, 5.41) is 0.503. The quantitative estimate of drug-likeness (QED) is 0.664. The van der Waals surface area contributed by atoms with Crippen LogP contribution in [0.1, 0.15) is 5.56 Å². The molecule has 1 amide bonds. The van der Waals surface area contributed by atoms with Gasteiger partial charge in [-0.1, -0.05) is 29.8 Å². The summed E-state index contributed by atoms with van der Waals surface area (Å²) in [6.07, 6.45) is 1.15. The van der Waals surface area contributed by atoms with Crippen LogP contribution in [0.4, 0.5) is 5.69 Å². The van der Waals surface area contributed by atoms with Gasteiger partial charge >= 0.3 is 0 Å². The Balaban J connectivity index is 1.67. The molecule has 1 fully saturated rings. The average molecular weight is 439 g/mol. The largest absolute Gasteiger partial charge is 0.484 e. The number of halogens is 1. The number of carbonyl (C=O) groups is 1. The van der Waals surface area contributed by atoms with Crippen LogP contribution in [0.25, 0.3) is 0 Å². The molecule has 1 aliphatic rings. The Kier molecular flexibility index (Phi) is 7.00. The zero-order chi connectivity index (χ0) is 20.9. The van der Waals surface area contributed by atoms with E-state index in [1.54, 1.807) is 47.4 Å². The van der Waals surface area contributed by atoms with Crippen molar-refractivity contribution < 1.29 is 22.7 Å². The number of benzene rings is 2. The van der Waals surface area contributed by atoms with Crippen molar-refractivity contribution in [1.82, 2.24) is 4.90 Å². The van der Waals surface area contributed by atoms with Gasteiger partial charge in [-0.15, -0.1) is 0 Å². The lowest BCUT2D eigenvalue weighted by atomic mass is 10.2. The molecule has 0 bridgehead atoms. The number of rotatable bonds is 7. The van der Waals surface area contributed by atoms with Gasteiger partial charge in [-0.05, 0) is 35.9 Å². The minimum Gasteiger partial charge on any atom is -0.484 e. The predicted molar refractivity (Wildman–Crippen MR) is 112 cm³/mol. The second-order valence-corrected chi connectivity index (χ2v) is 8.95. The molecule has 3 rings (SSSR count). The minimum absolute atomic E-state index is 0.0746. The van der Waals surface area contributed by atoms with Gasteiger partial charge in [0.05, 0.1) is 31.7 Å². The summed E-state index contributed by atoms with van der Waals surface area (Å²) in [6.45, 7) is 2.24. The molecular weight excluding hydrogens is 416 g/mol.